The Morgan fingerprint density at radius 2 is 1.81 bits per heavy atom. The van der Waals surface area contributed by atoms with Gasteiger partial charge in [0.2, 0.25) is 11.8 Å². The van der Waals surface area contributed by atoms with E-state index < -0.39 is 0 Å². The van der Waals surface area contributed by atoms with E-state index in [9.17, 15) is 14.4 Å². The molecule has 1 aliphatic heterocycles. The van der Waals surface area contributed by atoms with Crippen LogP contribution in [0, 0.1) is 6.92 Å². The number of carbonyl (C=O) groups excluding carboxylic acids is 3. The smallest absolute Gasteiger partial charge is 0.260 e. The van der Waals surface area contributed by atoms with E-state index in [1.807, 2.05) is 33.2 Å². The summed E-state index contributed by atoms with van der Waals surface area (Å²) >= 11 is 1.49. The Labute approximate surface area is 191 Å². The average Bonchev–Trinajstić information content (AvgIpc) is 3.32. The predicted octanol–water partition coefficient (Wildman–Crippen LogP) is 3.86. The molecular formula is C24H26N4O3S. The number of carbonyl (C=O) groups is 3. The number of fused-ring (bicyclic) bond motifs is 1. The Morgan fingerprint density at radius 1 is 1.06 bits per heavy atom. The second-order valence-corrected chi connectivity index (χ2v) is 9.26. The predicted molar refractivity (Wildman–Crippen MR) is 127 cm³/mol. The number of hydrogen-bond acceptors (Lipinski definition) is 6. The molecule has 0 bridgehead atoms. The lowest BCUT2D eigenvalue weighted by atomic mass is 10.1. The molecule has 0 saturated carbocycles. The second kappa shape index (κ2) is 9.18. The van der Waals surface area contributed by atoms with Gasteiger partial charge in [-0.1, -0.05) is 23.5 Å². The van der Waals surface area contributed by atoms with Crippen LogP contribution in [0.5, 0.6) is 0 Å². The number of benzene rings is 2. The Morgan fingerprint density at radius 3 is 2.53 bits per heavy atom. The summed E-state index contributed by atoms with van der Waals surface area (Å²) in [5.74, 6) is -0.659. The maximum atomic E-state index is 13.6. The highest BCUT2D eigenvalue weighted by molar-refractivity contribution is 7.22. The first kappa shape index (κ1) is 22.1. The zero-order valence-corrected chi connectivity index (χ0v) is 19.3. The standard InChI is InChI=1S/C24H26N4O3S/c1-16-8-9-19-20(14-16)32-24(25-19)27(13-5-12-26(2)3)23(31)17-6-4-7-18(15-17)28-21(29)10-11-22(28)30/h4,6-9,14-15H,5,10-13H2,1-3H3. The van der Waals surface area contributed by atoms with Crippen molar-refractivity contribution in [1.29, 1.82) is 0 Å². The van der Waals surface area contributed by atoms with Crippen molar-refractivity contribution in [2.45, 2.75) is 26.2 Å². The summed E-state index contributed by atoms with van der Waals surface area (Å²) in [5.41, 5.74) is 2.88. The number of nitrogens with zero attached hydrogens (tertiary/aromatic N) is 4. The monoisotopic (exact) mass is 450 g/mol. The molecule has 7 nitrogen and oxygen atoms in total. The van der Waals surface area contributed by atoms with Crippen molar-refractivity contribution >= 4 is 50.1 Å². The highest BCUT2D eigenvalue weighted by Gasteiger charge is 2.31. The SMILES string of the molecule is Cc1ccc2nc(N(CCCN(C)C)C(=O)c3cccc(N4C(=O)CCC4=O)c3)sc2c1. The number of aryl methyl sites for hydroxylation is 1. The maximum absolute atomic E-state index is 13.6. The van der Waals surface area contributed by atoms with Gasteiger partial charge in [0.15, 0.2) is 5.13 Å². The van der Waals surface area contributed by atoms with Gasteiger partial charge in [0, 0.05) is 24.9 Å². The number of anilines is 2. The third kappa shape index (κ3) is 4.56. The fourth-order valence-electron chi connectivity index (χ4n) is 3.76. The minimum absolute atomic E-state index is 0.194. The Hall–Kier alpha value is -3.10. The van der Waals surface area contributed by atoms with Crippen LogP contribution in [0.1, 0.15) is 35.2 Å². The van der Waals surface area contributed by atoms with Crippen molar-refractivity contribution < 1.29 is 14.4 Å². The van der Waals surface area contributed by atoms with Gasteiger partial charge >= 0.3 is 0 Å². The summed E-state index contributed by atoms with van der Waals surface area (Å²) < 4.78 is 1.03. The molecule has 8 heteroatoms. The molecule has 3 aromatic rings. The fraction of sp³-hybridized carbons (Fsp3) is 0.333. The third-order valence-corrected chi connectivity index (χ3v) is 6.44. The van der Waals surface area contributed by atoms with Crippen LogP contribution in [-0.4, -0.2) is 54.8 Å². The zero-order valence-electron chi connectivity index (χ0n) is 18.5. The first-order chi connectivity index (χ1) is 15.3. The molecule has 0 radical (unpaired) electrons. The number of thiazole rings is 1. The lowest BCUT2D eigenvalue weighted by Gasteiger charge is -2.22. The van der Waals surface area contributed by atoms with Gasteiger partial charge in [-0.15, -0.1) is 0 Å². The molecule has 3 amide bonds. The first-order valence-electron chi connectivity index (χ1n) is 10.6. The molecule has 1 saturated heterocycles. The number of hydrogen-bond donors (Lipinski definition) is 0. The van der Waals surface area contributed by atoms with E-state index in [-0.39, 0.29) is 30.6 Å². The summed E-state index contributed by atoms with van der Waals surface area (Å²) in [4.78, 5) is 47.6. The zero-order chi connectivity index (χ0) is 22.8. The van der Waals surface area contributed by atoms with Gasteiger partial charge < -0.3 is 4.90 Å². The van der Waals surface area contributed by atoms with Crippen LogP contribution in [-0.2, 0) is 9.59 Å². The minimum Gasteiger partial charge on any atom is -0.309 e. The van der Waals surface area contributed by atoms with E-state index in [0.717, 1.165) is 28.7 Å². The summed E-state index contributed by atoms with van der Waals surface area (Å²) in [6, 6.07) is 12.8. The van der Waals surface area contributed by atoms with Gasteiger partial charge in [0.25, 0.3) is 5.91 Å². The van der Waals surface area contributed by atoms with Crippen LogP contribution in [0.4, 0.5) is 10.8 Å². The van der Waals surface area contributed by atoms with E-state index in [1.54, 1.807) is 29.2 Å². The van der Waals surface area contributed by atoms with Gasteiger partial charge in [-0.25, -0.2) is 4.98 Å². The van der Waals surface area contributed by atoms with Crippen LogP contribution < -0.4 is 9.80 Å². The second-order valence-electron chi connectivity index (χ2n) is 8.25. The first-order valence-corrected chi connectivity index (χ1v) is 11.4. The van der Waals surface area contributed by atoms with E-state index in [0.29, 0.717) is 22.9 Å². The van der Waals surface area contributed by atoms with Crippen LogP contribution >= 0.6 is 11.3 Å². The van der Waals surface area contributed by atoms with Crippen LogP contribution in [0.15, 0.2) is 42.5 Å². The normalized spacial score (nSPS) is 14.1. The van der Waals surface area contributed by atoms with Gasteiger partial charge in [-0.3, -0.25) is 24.2 Å². The summed E-state index contributed by atoms with van der Waals surface area (Å²) in [6.07, 6.45) is 1.20. The van der Waals surface area contributed by atoms with Gasteiger partial charge in [0.1, 0.15) is 0 Å². The van der Waals surface area contributed by atoms with E-state index in [4.69, 9.17) is 4.98 Å². The molecule has 166 valence electrons. The molecule has 32 heavy (non-hydrogen) atoms. The molecule has 0 unspecified atom stereocenters. The minimum atomic E-state index is -0.232. The maximum Gasteiger partial charge on any atom is 0.260 e. The third-order valence-electron chi connectivity index (χ3n) is 5.40. The summed E-state index contributed by atoms with van der Waals surface area (Å²) in [7, 11) is 4.00. The highest BCUT2D eigenvalue weighted by atomic mass is 32.1. The fourth-order valence-corrected chi connectivity index (χ4v) is 4.85. The van der Waals surface area contributed by atoms with Crippen molar-refractivity contribution in [3.05, 3.63) is 53.6 Å². The Bertz CT molecular complexity index is 1170. The van der Waals surface area contributed by atoms with Gasteiger partial charge in [0.05, 0.1) is 15.9 Å². The van der Waals surface area contributed by atoms with E-state index in [1.165, 1.54) is 16.2 Å². The molecule has 2 heterocycles. The highest BCUT2D eigenvalue weighted by Crippen LogP contribution is 2.31. The van der Waals surface area contributed by atoms with E-state index >= 15 is 0 Å². The molecule has 1 aliphatic rings. The molecule has 0 spiro atoms. The van der Waals surface area contributed by atoms with Gasteiger partial charge in [-0.2, -0.15) is 0 Å². The quantitative estimate of drug-likeness (QED) is 0.511. The molecule has 1 fully saturated rings. The molecule has 2 aromatic carbocycles. The van der Waals surface area contributed by atoms with Gasteiger partial charge in [-0.05, 0) is 69.9 Å². The van der Waals surface area contributed by atoms with Crippen molar-refractivity contribution in [1.82, 2.24) is 9.88 Å². The largest absolute Gasteiger partial charge is 0.309 e. The van der Waals surface area contributed by atoms with Crippen molar-refractivity contribution in [3.63, 3.8) is 0 Å². The van der Waals surface area contributed by atoms with Crippen molar-refractivity contribution in [2.24, 2.45) is 0 Å². The Kier molecular flexibility index (Phi) is 6.34. The van der Waals surface area contributed by atoms with Crippen LogP contribution in [0.25, 0.3) is 10.2 Å². The molecule has 1 aromatic heterocycles. The average molecular weight is 451 g/mol. The lowest BCUT2D eigenvalue weighted by molar-refractivity contribution is -0.121. The summed E-state index contributed by atoms with van der Waals surface area (Å²) in [6.45, 7) is 3.39. The molecule has 0 N–H and O–H groups in total. The number of amides is 3. The summed E-state index contributed by atoms with van der Waals surface area (Å²) in [5, 5.41) is 0.646. The van der Waals surface area contributed by atoms with E-state index in [2.05, 4.69) is 11.0 Å². The molecule has 0 atom stereocenters. The van der Waals surface area contributed by atoms with Crippen molar-refractivity contribution in [2.75, 3.05) is 37.0 Å². The number of rotatable bonds is 7. The number of imide groups is 1. The lowest BCUT2D eigenvalue weighted by Crippen LogP contribution is -2.34. The van der Waals surface area contributed by atoms with Crippen molar-refractivity contribution in [3.8, 4) is 0 Å². The van der Waals surface area contributed by atoms with Crippen LogP contribution in [0.3, 0.4) is 0 Å². The van der Waals surface area contributed by atoms with Crippen LogP contribution in [0.2, 0.25) is 0 Å². The molecular weight excluding hydrogens is 424 g/mol. The Balaban J connectivity index is 1.67. The molecule has 0 aliphatic carbocycles. The molecule has 4 rings (SSSR count). The number of aromatic nitrogens is 1. The topological polar surface area (TPSA) is 73.8 Å².